The predicted octanol–water partition coefficient (Wildman–Crippen LogP) is 3.62. The van der Waals surface area contributed by atoms with Crippen LogP contribution in [0.3, 0.4) is 0 Å². The number of carbonyl (C=O) groups is 1. The van der Waals surface area contributed by atoms with Crippen molar-refractivity contribution in [2.75, 3.05) is 25.1 Å². The van der Waals surface area contributed by atoms with Crippen molar-refractivity contribution in [3.63, 3.8) is 0 Å². The summed E-state index contributed by atoms with van der Waals surface area (Å²) >= 11 is 4.11. The fourth-order valence-electron chi connectivity index (χ4n) is 5.63. The molecular formula is C22H26N4OS2. The van der Waals surface area contributed by atoms with Crippen LogP contribution in [-0.2, 0) is 11.2 Å². The van der Waals surface area contributed by atoms with Crippen molar-refractivity contribution in [1.29, 1.82) is 5.26 Å². The first-order valence-corrected chi connectivity index (χ1v) is 12.4. The van der Waals surface area contributed by atoms with Gasteiger partial charge >= 0.3 is 0 Å². The molecule has 4 atom stereocenters. The molecule has 29 heavy (non-hydrogen) atoms. The molecule has 3 N–H and O–H groups in total. The van der Waals surface area contributed by atoms with Gasteiger partial charge in [0.25, 0.3) is 0 Å². The Morgan fingerprint density at radius 3 is 2.93 bits per heavy atom. The third-order valence-electron chi connectivity index (χ3n) is 6.90. The molecule has 1 aliphatic carbocycles. The predicted molar refractivity (Wildman–Crippen MR) is 120 cm³/mol. The van der Waals surface area contributed by atoms with E-state index in [1.807, 2.05) is 0 Å². The van der Waals surface area contributed by atoms with Gasteiger partial charge in [-0.15, -0.1) is 23.5 Å². The zero-order valence-corrected chi connectivity index (χ0v) is 18.2. The van der Waals surface area contributed by atoms with Crippen LogP contribution in [0.2, 0.25) is 0 Å². The van der Waals surface area contributed by atoms with Crippen LogP contribution in [0.25, 0.3) is 10.9 Å². The Hall–Kier alpha value is -1.62. The van der Waals surface area contributed by atoms with Crippen LogP contribution >= 0.6 is 23.5 Å². The minimum Gasteiger partial charge on any atom is -0.369 e. The standard InChI is InChI=1S/C22H26N4OS2/c1-26-11-12(7-13(10-23)21(24)27)8-15-14-3-2-4-17-19(14)16(9-18(15)26)20(25-17)22-28-5-6-29-22/h2-4,12-13,15,18,22,25H,5-9,11H2,1H3,(H2,24,27)/t12-,13?,15?,18-/m1/s1. The molecule has 0 spiro atoms. The number of aromatic nitrogens is 1. The molecule has 1 amide bonds. The van der Waals surface area contributed by atoms with Crippen LogP contribution in [0.5, 0.6) is 0 Å². The van der Waals surface area contributed by atoms with Gasteiger partial charge in [-0.3, -0.25) is 4.79 Å². The van der Waals surface area contributed by atoms with Crippen molar-refractivity contribution in [3.8, 4) is 6.07 Å². The Balaban J connectivity index is 1.51. The van der Waals surface area contributed by atoms with E-state index in [0.29, 0.717) is 28.9 Å². The molecule has 3 aliphatic rings. The number of amides is 1. The zero-order valence-electron chi connectivity index (χ0n) is 16.6. The first-order chi connectivity index (χ1) is 14.1. The molecule has 2 saturated heterocycles. The van der Waals surface area contributed by atoms with E-state index in [2.05, 4.69) is 64.7 Å². The minimum absolute atomic E-state index is 0.314. The summed E-state index contributed by atoms with van der Waals surface area (Å²) in [6.07, 6.45) is 2.66. The van der Waals surface area contributed by atoms with Gasteiger partial charge in [0.1, 0.15) is 5.92 Å². The molecule has 2 aliphatic heterocycles. The average Bonchev–Trinajstić information content (AvgIpc) is 3.35. The van der Waals surface area contributed by atoms with Crippen LogP contribution in [0.4, 0.5) is 0 Å². The van der Waals surface area contributed by atoms with E-state index >= 15 is 0 Å². The molecule has 1 aromatic heterocycles. The van der Waals surface area contributed by atoms with E-state index in [9.17, 15) is 10.1 Å². The van der Waals surface area contributed by atoms with Crippen molar-refractivity contribution >= 4 is 40.3 Å². The number of H-pyrrole nitrogens is 1. The Bertz CT molecular complexity index is 991. The van der Waals surface area contributed by atoms with Crippen molar-refractivity contribution in [2.24, 2.45) is 17.6 Å². The molecule has 2 aromatic rings. The Morgan fingerprint density at radius 1 is 1.41 bits per heavy atom. The fourth-order valence-corrected chi connectivity index (χ4v) is 8.53. The van der Waals surface area contributed by atoms with Crippen LogP contribution in [0.1, 0.15) is 40.2 Å². The summed E-state index contributed by atoms with van der Waals surface area (Å²) in [6, 6.07) is 9.25. The van der Waals surface area contributed by atoms with Gasteiger partial charge in [-0.25, -0.2) is 0 Å². The third-order valence-corrected chi connectivity index (χ3v) is 9.93. The van der Waals surface area contributed by atoms with Gasteiger partial charge in [0.05, 0.1) is 10.7 Å². The number of aromatic amines is 1. The van der Waals surface area contributed by atoms with Gasteiger partial charge < -0.3 is 15.6 Å². The monoisotopic (exact) mass is 426 g/mol. The molecular weight excluding hydrogens is 400 g/mol. The lowest BCUT2D eigenvalue weighted by Crippen LogP contribution is -2.48. The lowest BCUT2D eigenvalue weighted by molar-refractivity contribution is -0.120. The Kier molecular flexibility index (Phi) is 5.05. The van der Waals surface area contributed by atoms with Crippen LogP contribution in [0.15, 0.2) is 18.2 Å². The summed E-state index contributed by atoms with van der Waals surface area (Å²) in [5.41, 5.74) is 11.1. The Labute approximate surface area is 179 Å². The summed E-state index contributed by atoms with van der Waals surface area (Å²) in [7, 11) is 2.20. The number of likely N-dealkylation sites (tertiary alicyclic amines) is 1. The van der Waals surface area contributed by atoms with Crippen LogP contribution < -0.4 is 5.73 Å². The number of thioether (sulfide) groups is 2. The van der Waals surface area contributed by atoms with Crippen molar-refractivity contribution in [1.82, 2.24) is 9.88 Å². The molecule has 2 unspecified atom stereocenters. The molecule has 0 saturated carbocycles. The molecule has 0 radical (unpaired) electrons. The molecule has 0 bridgehead atoms. The van der Waals surface area contributed by atoms with E-state index < -0.39 is 11.8 Å². The number of likely N-dealkylation sites (N-methyl/N-ethyl adjacent to an activating group) is 1. The number of carbonyl (C=O) groups excluding carboxylic acids is 1. The quantitative estimate of drug-likeness (QED) is 0.780. The van der Waals surface area contributed by atoms with Crippen molar-refractivity contribution in [2.45, 2.75) is 35.8 Å². The molecule has 152 valence electrons. The normalized spacial score (nSPS) is 28.2. The Morgan fingerprint density at radius 2 is 2.21 bits per heavy atom. The van der Waals surface area contributed by atoms with Gasteiger partial charge in [-0.1, -0.05) is 12.1 Å². The summed E-state index contributed by atoms with van der Waals surface area (Å²) in [5, 5.41) is 10.7. The smallest absolute Gasteiger partial charge is 0.234 e. The highest BCUT2D eigenvalue weighted by Gasteiger charge is 2.42. The molecule has 3 heterocycles. The number of fused-ring (bicyclic) bond motifs is 2. The molecule has 5 rings (SSSR count). The minimum atomic E-state index is -0.685. The summed E-state index contributed by atoms with van der Waals surface area (Å²) in [6.45, 7) is 0.921. The number of piperidine rings is 1. The van der Waals surface area contributed by atoms with E-state index in [-0.39, 0.29) is 0 Å². The van der Waals surface area contributed by atoms with E-state index in [1.165, 1.54) is 39.2 Å². The third kappa shape index (κ3) is 3.26. The molecule has 2 fully saturated rings. The second-order valence-electron chi connectivity index (χ2n) is 8.60. The van der Waals surface area contributed by atoms with E-state index in [1.54, 1.807) is 0 Å². The number of hydrogen-bond acceptors (Lipinski definition) is 5. The van der Waals surface area contributed by atoms with Gasteiger partial charge in [0, 0.05) is 46.6 Å². The summed E-state index contributed by atoms with van der Waals surface area (Å²) in [5.74, 6) is 2.03. The summed E-state index contributed by atoms with van der Waals surface area (Å²) in [4.78, 5) is 17.8. The SMILES string of the molecule is CN1C[C@H](CC(C#N)C(N)=O)CC2c3cccc4[nH]c(C5SCCS5)c(c34)C[C@H]21. The van der Waals surface area contributed by atoms with E-state index in [4.69, 9.17) is 5.73 Å². The highest BCUT2D eigenvalue weighted by atomic mass is 32.2. The first kappa shape index (κ1) is 19.3. The topological polar surface area (TPSA) is 85.9 Å². The maximum atomic E-state index is 11.6. The number of hydrogen-bond donors (Lipinski definition) is 2. The average molecular weight is 427 g/mol. The number of nitrogens with one attached hydrogen (secondary N) is 1. The number of nitriles is 1. The fraction of sp³-hybridized carbons (Fsp3) is 0.545. The number of nitrogens with zero attached hydrogens (tertiary/aromatic N) is 2. The maximum absolute atomic E-state index is 11.6. The van der Waals surface area contributed by atoms with Gasteiger partial charge in [0.15, 0.2) is 0 Å². The second kappa shape index (κ2) is 7.57. The molecule has 5 nitrogen and oxygen atoms in total. The molecule has 7 heteroatoms. The highest BCUT2D eigenvalue weighted by molar-refractivity contribution is 8.19. The van der Waals surface area contributed by atoms with Gasteiger partial charge in [-0.2, -0.15) is 5.26 Å². The van der Waals surface area contributed by atoms with E-state index in [0.717, 1.165) is 19.4 Å². The molecule has 1 aromatic carbocycles. The van der Waals surface area contributed by atoms with Crippen LogP contribution in [-0.4, -0.2) is 46.9 Å². The lowest BCUT2D eigenvalue weighted by Gasteiger charge is -2.46. The highest BCUT2D eigenvalue weighted by Crippen LogP contribution is 2.52. The number of primary amides is 1. The number of nitrogens with two attached hydrogens (primary N) is 1. The van der Waals surface area contributed by atoms with Crippen molar-refractivity contribution in [3.05, 3.63) is 35.0 Å². The largest absolute Gasteiger partial charge is 0.369 e. The summed E-state index contributed by atoms with van der Waals surface area (Å²) < 4.78 is 0.524. The maximum Gasteiger partial charge on any atom is 0.234 e. The van der Waals surface area contributed by atoms with Crippen LogP contribution in [0, 0.1) is 23.2 Å². The number of benzene rings is 1. The lowest BCUT2D eigenvalue weighted by atomic mass is 9.70. The first-order valence-electron chi connectivity index (χ1n) is 10.3. The van der Waals surface area contributed by atoms with Crippen molar-refractivity contribution < 1.29 is 4.79 Å². The second-order valence-corrected chi connectivity index (χ2v) is 11.3. The van der Waals surface area contributed by atoms with Gasteiger partial charge in [0.2, 0.25) is 5.91 Å². The number of rotatable bonds is 4. The van der Waals surface area contributed by atoms with Gasteiger partial charge in [-0.05, 0) is 49.4 Å². The zero-order chi connectivity index (χ0) is 20.1.